The summed E-state index contributed by atoms with van der Waals surface area (Å²) >= 11 is 18.2. The third-order valence-electron chi connectivity index (χ3n) is 8.25. The van der Waals surface area contributed by atoms with E-state index in [0.717, 1.165) is 46.8 Å². The van der Waals surface area contributed by atoms with Crippen molar-refractivity contribution in [2.45, 2.75) is 25.9 Å². The molecular formula is C32H32Cl3N5O2. The van der Waals surface area contributed by atoms with Crippen LogP contribution in [0.2, 0.25) is 15.1 Å². The Hall–Kier alpha value is -3.10. The van der Waals surface area contributed by atoms with Crippen LogP contribution in [0.15, 0.2) is 66.7 Å². The van der Waals surface area contributed by atoms with Gasteiger partial charge in [-0.1, -0.05) is 59.1 Å². The molecule has 0 saturated carbocycles. The van der Waals surface area contributed by atoms with Gasteiger partial charge in [0.2, 0.25) is 5.91 Å². The van der Waals surface area contributed by atoms with E-state index in [2.05, 4.69) is 15.5 Å². The summed E-state index contributed by atoms with van der Waals surface area (Å²) in [6, 6.07) is 21.1. The number of hydrogen-bond donors (Lipinski definition) is 0. The topological polar surface area (TPSA) is 61.7 Å². The molecule has 0 N–H and O–H groups in total. The molecule has 0 spiro atoms. The molecule has 0 bridgehead atoms. The number of fused-ring (bicyclic) bond motifs is 1. The van der Waals surface area contributed by atoms with E-state index in [1.54, 1.807) is 23.1 Å². The number of nitrogens with zero attached hydrogens (tertiary/aromatic N) is 5. The Labute approximate surface area is 260 Å². The number of halogens is 3. The van der Waals surface area contributed by atoms with E-state index in [9.17, 15) is 9.59 Å². The minimum atomic E-state index is -0.0917. The average Bonchev–Trinajstić information content (AvgIpc) is 3.35. The van der Waals surface area contributed by atoms with E-state index >= 15 is 0 Å². The molecule has 42 heavy (non-hydrogen) atoms. The lowest BCUT2D eigenvalue weighted by Crippen LogP contribution is -2.53. The average molecular weight is 625 g/mol. The van der Waals surface area contributed by atoms with E-state index in [1.807, 2.05) is 47.4 Å². The Balaban J connectivity index is 1.09. The summed E-state index contributed by atoms with van der Waals surface area (Å²) in [5.41, 5.74) is 3.74. The van der Waals surface area contributed by atoms with Crippen molar-refractivity contribution in [2.75, 3.05) is 39.3 Å². The molecule has 1 atom stereocenters. The number of amides is 2. The molecule has 10 heteroatoms. The molecule has 2 aliphatic rings. The van der Waals surface area contributed by atoms with Crippen LogP contribution >= 0.6 is 34.8 Å². The van der Waals surface area contributed by atoms with Crippen molar-refractivity contribution in [3.63, 3.8) is 0 Å². The number of aromatic nitrogens is 2. The van der Waals surface area contributed by atoms with Crippen molar-refractivity contribution in [1.82, 2.24) is 24.3 Å². The Morgan fingerprint density at radius 1 is 0.810 bits per heavy atom. The first-order chi connectivity index (χ1) is 20.4. The molecule has 7 nitrogen and oxygen atoms in total. The first-order valence-corrected chi connectivity index (χ1v) is 15.4. The van der Waals surface area contributed by atoms with Gasteiger partial charge in [0.25, 0.3) is 5.91 Å². The third-order valence-corrected chi connectivity index (χ3v) is 9.24. The minimum Gasteiger partial charge on any atom is -0.339 e. The van der Waals surface area contributed by atoms with Gasteiger partial charge >= 0.3 is 0 Å². The molecule has 2 aliphatic heterocycles. The van der Waals surface area contributed by atoms with Gasteiger partial charge in [-0.15, -0.1) is 0 Å². The normalized spacial score (nSPS) is 18.0. The van der Waals surface area contributed by atoms with Crippen molar-refractivity contribution < 1.29 is 9.59 Å². The summed E-state index contributed by atoms with van der Waals surface area (Å²) in [6.07, 6.45) is 1.84. The number of carbonyl (C=O) groups excluding carboxylic acids is 2. The third kappa shape index (κ3) is 6.30. The highest BCUT2D eigenvalue weighted by molar-refractivity contribution is 6.42. The largest absolute Gasteiger partial charge is 0.339 e. The highest BCUT2D eigenvalue weighted by Gasteiger charge is 2.32. The zero-order valence-corrected chi connectivity index (χ0v) is 25.5. The number of piperidine rings is 1. The van der Waals surface area contributed by atoms with E-state index < -0.39 is 0 Å². The Morgan fingerprint density at radius 2 is 1.55 bits per heavy atom. The van der Waals surface area contributed by atoms with Crippen molar-refractivity contribution in [2.24, 2.45) is 5.92 Å². The standard InChI is InChI=1S/C32H32Cl3N5O2/c33-25-10-7-22(8-11-25)19-40-29-6-2-1-5-28(29)36-30(40)21-37-13-3-4-24(20-37)32(42)39-16-14-38(15-17-39)31(41)23-9-12-26(34)27(35)18-23/h1-2,5-12,18,24H,3-4,13-17,19-21H2/t24-/m0/s1. The molecule has 3 aromatic carbocycles. The molecule has 2 fully saturated rings. The summed E-state index contributed by atoms with van der Waals surface area (Å²) in [5, 5.41) is 1.50. The second-order valence-electron chi connectivity index (χ2n) is 11.0. The fourth-order valence-corrected chi connectivity index (χ4v) is 6.42. The van der Waals surface area contributed by atoms with Gasteiger partial charge in [0.15, 0.2) is 0 Å². The van der Waals surface area contributed by atoms with Gasteiger partial charge in [-0.05, 0) is 67.4 Å². The first kappa shape index (κ1) is 29.0. The van der Waals surface area contributed by atoms with Crippen LogP contribution in [0.1, 0.15) is 34.6 Å². The zero-order valence-electron chi connectivity index (χ0n) is 23.2. The SMILES string of the molecule is O=C(c1ccc(Cl)c(Cl)c1)N1CCN(C(=O)[C@H]2CCCN(Cc3nc4ccccc4n3Cc3ccc(Cl)cc3)C2)CC1. The molecule has 218 valence electrons. The lowest BCUT2D eigenvalue weighted by atomic mass is 9.96. The Morgan fingerprint density at radius 3 is 2.31 bits per heavy atom. The predicted molar refractivity (Wildman–Crippen MR) is 167 cm³/mol. The van der Waals surface area contributed by atoms with Crippen molar-refractivity contribution in [3.8, 4) is 0 Å². The van der Waals surface area contributed by atoms with E-state index in [4.69, 9.17) is 39.8 Å². The highest BCUT2D eigenvalue weighted by atomic mass is 35.5. The zero-order chi connectivity index (χ0) is 29.2. The number of imidazole rings is 1. The van der Waals surface area contributed by atoms with Crippen LogP contribution < -0.4 is 0 Å². The summed E-state index contributed by atoms with van der Waals surface area (Å²) in [5.74, 6) is 1.01. The fourth-order valence-electron chi connectivity index (χ4n) is 6.00. The van der Waals surface area contributed by atoms with Gasteiger partial charge in [0.05, 0.1) is 33.5 Å². The maximum absolute atomic E-state index is 13.6. The maximum Gasteiger partial charge on any atom is 0.254 e. The molecule has 0 unspecified atom stereocenters. The van der Waals surface area contributed by atoms with Crippen molar-refractivity contribution in [3.05, 3.63) is 98.7 Å². The molecule has 2 saturated heterocycles. The number of para-hydroxylation sites is 2. The Kier molecular flexibility index (Phi) is 8.72. The van der Waals surface area contributed by atoms with E-state index in [0.29, 0.717) is 61.4 Å². The van der Waals surface area contributed by atoms with Crippen LogP contribution in [0, 0.1) is 5.92 Å². The lowest BCUT2D eigenvalue weighted by molar-refractivity contribution is -0.139. The van der Waals surface area contributed by atoms with Gasteiger partial charge in [0, 0.05) is 49.9 Å². The van der Waals surface area contributed by atoms with E-state index in [-0.39, 0.29) is 17.7 Å². The molecule has 6 rings (SSSR count). The van der Waals surface area contributed by atoms with Crippen LogP contribution in [0.3, 0.4) is 0 Å². The van der Waals surface area contributed by atoms with Crippen molar-refractivity contribution in [1.29, 1.82) is 0 Å². The van der Waals surface area contributed by atoms with Crippen LogP contribution in [0.5, 0.6) is 0 Å². The molecule has 2 amide bonds. The minimum absolute atomic E-state index is 0.0647. The molecule has 0 aliphatic carbocycles. The maximum atomic E-state index is 13.6. The quantitative estimate of drug-likeness (QED) is 0.255. The summed E-state index contributed by atoms with van der Waals surface area (Å²) in [6.45, 7) is 5.06. The number of rotatable bonds is 6. The number of carbonyl (C=O) groups is 2. The number of benzene rings is 3. The lowest BCUT2D eigenvalue weighted by Gasteiger charge is -2.39. The second kappa shape index (κ2) is 12.6. The number of hydrogen-bond acceptors (Lipinski definition) is 4. The van der Waals surface area contributed by atoms with Crippen LogP contribution in [0.25, 0.3) is 11.0 Å². The summed E-state index contributed by atoms with van der Waals surface area (Å²) in [7, 11) is 0. The number of piperazine rings is 1. The summed E-state index contributed by atoms with van der Waals surface area (Å²) < 4.78 is 2.27. The van der Waals surface area contributed by atoms with Gasteiger partial charge in [0.1, 0.15) is 5.82 Å². The molecule has 4 aromatic rings. The molecular weight excluding hydrogens is 593 g/mol. The first-order valence-electron chi connectivity index (χ1n) is 14.3. The molecule has 0 radical (unpaired) electrons. The fraction of sp³-hybridized carbons (Fsp3) is 0.344. The smallest absolute Gasteiger partial charge is 0.254 e. The summed E-state index contributed by atoms with van der Waals surface area (Å²) in [4.78, 5) is 37.6. The van der Waals surface area contributed by atoms with Crippen LogP contribution in [-0.4, -0.2) is 75.3 Å². The van der Waals surface area contributed by atoms with Gasteiger partial charge < -0.3 is 14.4 Å². The van der Waals surface area contributed by atoms with Crippen LogP contribution in [0.4, 0.5) is 0 Å². The van der Waals surface area contributed by atoms with Gasteiger partial charge in [-0.2, -0.15) is 0 Å². The number of likely N-dealkylation sites (tertiary alicyclic amines) is 1. The second-order valence-corrected chi connectivity index (χ2v) is 12.3. The van der Waals surface area contributed by atoms with Gasteiger partial charge in [-0.3, -0.25) is 14.5 Å². The van der Waals surface area contributed by atoms with Crippen LogP contribution in [-0.2, 0) is 17.9 Å². The predicted octanol–water partition coefficient (Wildman–Crippen LogP) is 6.24. The van der Waals surface area contributed by atoms with Gasteiger partial charge in [-0.25, -0.2) is 4.98 Å². The molecule has 3 heterocycles. The monoisotopic (exact) mass is 623 g/mol. The van der Waals surface area contributed by atoms with Crippen molar-refractivity contribution >= 4 is 57.7 Å². The molecule has 1 aromatic heterocycles. The highest BCUT2D eigenvalue weighted by Crippen LogP contribution is 2.26. The van der Waals surface area contributed by atoms with E-state index in [1.165, 1.54) is 0 Å². The Bertz CT molecular complexity index is 1600.